The van der Waals surface area contributed by atoms with Crippen LogP contribution in [0.2, 0.25) is 0 Å². The van der Waals surface area contributed by atoms with E-state index in [0.717, 1.165) is 16.5 Å². The fourth-order valence-corrected chi connectivity index (χ4v) is 2.73. The highest BCUT2D eigenvalue weighted by atomic mass is 16.5. The molecule has 25 heavy (non-hydrogen) atoms. The number of aryl methyl sites for hydroxylation is 1. The van der Waals surface area contributed by atoms with Crippen molar-refractivity contribution in [3.8, 4) is 5.75 Å². The first-order valence-corrected chi connectivity index (χ1v) is 7.99. The highest BCUT2D eigenvalue weighted by Crippen LogP contribution is 2.24. The lowest BCUT2D eigenvalue weighted by Gasteiger charge is -2.09. The predicted octanol–water partition coefficient (Wildman–Crippen LogP) is 2.97. The topological polar surface area (TPSA) is 68.5 Å². The summed E-state index contributed by atoms with van der Waals surface area (Å²) in [5, 5.41) is 3.63. The standard InChI is InChI=1S/C20H19NO4/c1-13-16-9-8-15(24-2)10-18(16)25-20(23)17(13)11-19(22)21-12-14-6-4-3-5-7-14/h3-10H,11-12H2,1-2H3,(H,21,22). The third-order valence-corrected chi connectivity index (χ3v) is 4.16. The van der Waals surface area contributed by atoms with Crippen LogP contribution in [0.1, 0.15) is 16.7 Å². The molecule has 3 aromatic rings. The van der Waals surface area contributed by atoms with Crippen molar-refractivity contribution in [2.45, 2.75) is 19.9 Å². The molecule has 0 unspecified atom stereocenters. The maximum Gasteiger partial charge on any atom is 0.340 e. The Hall–Kier alpha value is -3.08. The van der Waals surface area contributed by atoms with Gasteiger partial charge < -0.3 is 14.5 Å². The van der Waals surface area contributed by atoms with Crippen LogP contribution in [-0.4, -0.2) is 13.0 Å². The molecule has 0 bridgehead atoms. The van der Waals surface area contributed by atoms with Gasteiger partial charge in [0.05, 0.1) is 19.1 Å². The van der Waals surface area contributed by atoms with Gasteiger partial charge in [0.25, 0.3) is 0 Å². The molecule has 128 valence electrons. The molecular formula is C20H19NO4. The van der Waals surface area contributed by atoms with Crippen molar-refractivity contribution >= 4 is 16.9 Å². The first-order valence-electron chi connectivity index (χ1n) is 7.99. The molecule has 1 heterocycles. The summed E-state index contributed by atoms with van der Waals surface area (Å²) in [6, 6.07) is 14.9. The Morgan fingerprint density at radius 3 is 2.64 bits per heavy atom. The van der Waals surface area contributed by atoms with Gasteiger partial charge in [-0.05, 0) is 30.2 Å². The molecule has 0 aliphatic rings. The molecule has 0 saturated heterocycles. The summed E-state index contributed by atoms with van der Waals surface area (Å²) < 4.78 is 10.5. The van der Waals surface area contributed by atoms with Crippen LogP contribution in [0.4, 0.5) is 0 Å². The van der Waals surface area contributed by atoms with Gasteiger partial charge in [-0.1, -0.05) is 30.3 Å². The van der Waals surface area contributed by atoms with Crippen molar-refractivity contribution in [2.24, 2.45) is 0 Å². The average Bonchev–Trinajstić information content (AvgIpc) is 2.63. The van der Waals surface area contributed by atoms with E-state index in [0.29, 0.717) is 23.4 Å². The summed E-state index contributed by atoms with van der Waals surface area (Å²) in [4.78, 5) is 24.5. The van der Waals surface area contributed by atoms with Gasteiger partial charge in [0.15, 0.2) is 0 Å². The number of hydrogen-bond acceptors (Lipinski definition) is 4. The Kier molecular flexibility index (Phi) is 4.84. The highest BCUT2D eigenvalue weighted by Gasteiger charge is 2.15. The Bertz CT molecular complexity index is 961. The van der Waals surface area contributed by atoms with Crippen molar-refractivity contribution in [1.82, 2.24) is 5.32 Å². The van der Waals surface area contributed by atoms with Gasteiger partial charge in [0, 0.05) is 18.0 Å². The van der Waals surface area contributed by atoms with E-state index < -0.39 is 5.63 Å². The molecule has 1 aromatic heterocycles. The van der Waals surface area contributed by atoms with Crippen LogP contribution in [-0.2, 0) is 17.8 Å². The molecule has 0 aliphatic heterocycles. The van der Waals surface area contributed by atoms with Gasteiger partial charge in [-0.25, -0.2) is 4.79 Å². The number of hydrogen-bond donors (Lipinski definition) is 1. The largest absolute Gasteiger partial charge is 0.497 e. The zero-order valence-corrected chi connectivity index (χ0v) is 14.2. The van der Waals surface area contributed by atoms with Crippen LogP contribution in [0.3, 0.4) is 0 Å². The molecule has 0 fully saturated rings. The number of amides is 1. The number of fused-ring (bicyclic) bond motifs is 1. The summed E-state index contributed by atoms with van der Waals surface area (Å²) in [6.45, 7) is 2.25. The normalized spacial score (nSPS) is 10.6. The first-order chi connectivity index (χ1) is 12.1. The smallest absolute Gasteiger partial charge is 0.340 e. The van der Waals surface area contributed by atoms with Crippen molar-refractivity contribution < 1.29 is 13.9 Å². The minimum absolute atomic E-state index is 0.0109. The third-order valence-electron chi connectivity index (χ3n) is 4.16. The van der Waals surface area contributed by atoms with Crippen LogP contribution < -0.4 is 15.7 Å². The Morgan fingerprint density at radius 2 is 1.92 bits per heavy atom. The van der Waals surface area contributed by atoms with Crippen LogP contribution in [0.5, 0.6) is 5.75 Å². The van der Waals surface area contributed by atoms with Crippen molar-refractivity contribution in [2.75, 3.05) is 7.11 Å². The summed E-state index contributed by atoms with van der Waals surface area (Å²) in [6.07, 6.45) is -0.0109. The maximum absolute atomic E-state index is 12.3. The zero-order valence-electron chi connectivity index (χ0n) is 14.2. The number of nitrogens with one attached hydrogen (secondary N) is 1. The van der Waals surface area contributed by atoms with E-state index in [4.69, 9.17) is 9.15 Å². The fourth-order valence-electron chi connectivity index (χ4n) is 2.73. The Morgan fingerprint density at radius 1 is 1.16 bits per heavy atom. The minimum Gasteiger partial charge on any atom is -0.497 e. The molecule has 0 atom stereocenters. The van der Waals surface area contributed by atoms with E-state index in [1.165, 1.54) is 0 Å². The van der Waals surface area contributed by atoms with E-state index in [-0.39, 0.29) is 12.3 Å². The van der Waals surface area contributed by atoms with E-state index in [9.17, 15) is 9.59 Å². The quantitative estimate of drug-likeness (QED) is 0.727. The molecule has 5 heteroatoms. The minimum atomic E-state index is -0.492. The Labute approximate surface area is 145 Å². The summed E-state index contributed by atoms with van der Waals surface area (Å²) >= 11 is 0. The average molecular weight is 337 g/mol. The number of methoxy groups -OCH3 is 1. The molecular weight excluding hydrogens is 318 g/mol. The van der Waals surface area contributed by atoms with Crippen LogP contribution in [0.25, 0.3) is 11.0 Å². The highest BCUT2D eigenvalue weighted by molar-refractivity contribution is 5.85. The molecule has 0 saturated carbocycles. The molecule has 0 radical (unpaired) electrons. The first kappa shape index (κ1) is 16.8. The maximum atomic E-state index is 12.3. The summed E-state index contributed by atoms with van der Waals surface area (Å²) in [5.74, 6) is 0.399. The van der Waals surface area contributed by atoms with E-state index >= 15 is 0 Å². The molecule has 2 aromatic carbocycles. The molecule has 1 N–H and O–H groups in total. The van der Waals surface area contributed by atoms with Gasteiger partial charge >= 0.3 is 5.63 Å². The molecule has 1 amide bonds. The number of carbonyl (C=O) groups excluding carboxylic acids is 1. The number of ether oxygens (including phenoxy) is 1. The van der Waals surface area contributed by atoms with Gasteiger partial charge in [-0.15, -0.1) is 0 Å². The van der Waals surface area contributed by atoms with Crippen LogP contribution >= 0.6 is 0 Å². The monoisotopic (exact) mass is 337 g/mol. The summed E-state index contributed by atoms with van der Waals surface area (Å²) in [7, 11) is 1.55. The van der Waals surface area contributed by atoms with Gasteiger partial charge in [-0.3, -0.25) is 4.79 Å². The Balaban J connectivity index is 1.81. The lowest BCUT2D eigenvalue weighted by Crippen LogP contribution is -2.27. The van der Waals surface area contributed by atoms with Crippen LogP contribution in [0.15, 0.2) is 57.7 Å². The molecule has 5 nitrogen and oxygen atoms in total. The lowest BCUT2D eigenvalue weighted by molar-refractivity contribution is -0.120. The SMILES string of the molecule is COc1ccc2c(C)c(CC(=O)NCc3ccccc3)c(=O)oc2c1. The van der Waals surface area contributed by atoms with Gasteiger partial charge in [0.2, 0.25) is 5.91 Å². The van der Waals surface area contributed by atoms with Gasteiger partial charge in [-0.2, -0.15) is 0 Å². The van der Waals surface area contributed by atoms with Crippen LogP contribution in [0, 0.1) is 6.92 Å². The van der Waals surface area contributed by atoms with Gasteiger partial charge in [0.1, 0.15) is 11.3 Å². The van der Waals surface area contributed by atoms with E-state index in [2.05, 4.69) is 5.32 Å². The van der Waals surface area contributed by atoms with E-state index in [1.54, 1.807) is 19.2 Å². The fraction of sp³-hybridized carbons (Fsp3) is 0.200. The number of benzene rings is 2. The second-order valence-corrected chi connectivity index (χ2v) is 5.79. The number of carbonyl (C=O) groups is 1. The number of rotatable bonds is 5. The molecule has 0 spiro atoms. The third kappa shape index (κ3) is 3.71. The second-order valence-electron chi connectivity index (χ2n) is 5.79. The predicted molar refractivity (Wildman–Crippen MR) is 95.8 cm³/mol. The zero-order chi connectivity index (χ0) is 17.8. The van der Waals surface area contributed by atoms with Crippen molar-refractivity contribution in [3.63, 3.8) is 0 Å². The summed E-state index contributed by atoms with van der Waals surface area (Å²) in [5.41, 5.74) is 2.10. The lowest BCUT2D eigenvalue weighted by atomic mass is 10.0. The van der Waals surface area contributed by atoms with Crippen molar-refractivity contribution in [3.05, 3.63) is 75.6 Å². The molecule has 3 rings (SSSR count). The second kappa shape index (κ2) is 7.21. The van der Waals surface area contributed by atoms with Crippen molar-refractivity contribution in [1.29, 1.82) is 0 Å². The molecule has 0 aliphatic carbocycles. The van der Waals surface area contributed by atoms with E-state index in [1.807, 2.05) is 43.3 Å².